The monoisotopic (exact) mass is 304 g/mol. The Morgan fingerprint density at radius 3 is 2.68 bits per heavy atom. The fourth-order valence-corrected chi connectivity index (χ4v) is 3.70. The van der Waals surface area contributed by atoms with Crippen molar-refractivity contribution >= 4 is 0 Å². The first kappa shape index (κ1) is 16.0. The van der Waals surface area contributed by atoms with Crippen LogP contribution in [-0.2, 0) is 6.54 Å². The fraction of sp³-hybridized carbons (Fsp3) is 0.833. The lowest BCUT2D eigenvalue weighted by atomic mass is 10.0. The molecular weight excluding hydrogens is 272 g/mol. The van der Waals surface area contributed by atoms with Gasteiger partial charge in [-0.05, 0) is 57.2 Å². The third-order valence-electron chi connectivity index (χ3n) is 5.35. The van der Waals surface area contributed by atoms with Gasteiger partial charge in [-0.15, -0.1) is 0 Å². The molecule has 1 aliphatic heterocycles. The topological polar surface area (TPSA) is 24.3 Å². The van der Waals surface area contributed by atoms with Crippen molar-refractivity contribution in [2.45, 2.75) is 52.6 Å². The first-order valence-corrected chi connectivity index (χ1v) is 9.08. The zero-order valence-corrected chi connectivity index (χ0v) is 14.5. The summed E-state index contributed by atoms with van der Waals surface area (Å²) in [6.45, 7) is 14.2. The third kappa shape index (κ3) is 4.11. The maximum Gasteiger partial charge on any atom is 0.0539 e. The van der Waals surface area contributed by atoms with Crippen molar-refractivity contribution in [3.63, 3.8) is 0 Å². The van der Waals surface area contributed by atoms with Crippen LogP contribution in [0.2, 0.25) is 0 Å². The summed E-state index contributed by atoms with van der Waals surface area (Å²) in [5.41, 5.74) is 1.27. The van der Waals surface area contributed by atoms with Crippen LogP contribution in [0.3, 0.4) is 0 Å². The fourth-order valence-electron chi connectivity index (χ4n) is 3.70. The van der Waals surface area contributed by atoms with Crippen molar-refractivity contribution in [1.29, 1.82) is 0 Å². The van der Waals surface area contributed by atoms with Gasteiger partial charge in [0.15, 0.2) is 0 Å². The van der Waals surface area contributed by atoms with Gasteiger partial charge in [-0.1, -0.05) is 13.8 Å². The minimum Gasteiger partial charge on any atom is -0.300 e. The highest BCUT2D eigenvalue weighted by atomic mass is 15.3. The van der Waals surface area contributed by atoms with Crippen LogP contribution in [0.5, 0.6) is 0 Å². The zero-order valence-electron chi connectivity index (χ0n) is 14.5. The Hall–Kier alpha value is -0.870. The lowest BCUT2D eigenvalue weighted by Gasteiger charge is -2.34. The highest BCUT2D eigenvalue weighted by molar-refractivity contribution is 4.96. The molecule has 0 bridgehead atoms. The highest BCUT2D eigenvalue weighted by Crippen LogP contribution is 2.31. The van der Waals surface area contributed by atoms with Crippen LogP contribution in [0.15, 0.2) is 12.3 Å². The molecule has 1 aromatic heterocycles. The molecule has 4 nitrogen and oxygen atoms in total. The predicted octanol–water partition coefficient (Wildman–Crippen LogP) is 2.63. The number of rotatable bonds is 6. The van der Waals surface area contributed by atoms with Crippen LogP contribution in [0.4, 0.5) is 0 Å². The molecule has 2 heterocycles. The third-order valence-corrected chi connectivity index (χ3v) is 5.35. The summed E-state index contributed by atoms with van der Waals surface area (Å²) < 4.78 is 2.14. The van der Waals surface area contributed by atoms with Crippen LogP contribution >= 0.6 is 0 Å². The van der Waals surface area contributed by atoms with Crippen molar-refractivity contribution in [3.05, 3.63) is 18.0 Å². The molecule has 3 rings (SSSR count). The summed E-state index contributed by atoms with van der Waals surface area (Å²) >= 11 is 0. The van der Waals surface area contributed by atoms with Crippen molar-refractivity contribution in [3.8, 4) is 0 Å². The molecule has 1 aromatic rings. The maximum atomic E-state index is 4.42. The number of aromatic nitrogens is 2. The van der Waals surface area contributed by atoms with E-state index >= 15 is 0 Å². The normalized spacial score (nSPS) is 24.8. The van der Waals surface area contributed by atoms with Gasteiger partial charge in [0.05, 0.1) is 6.54 Å². The minimum absolute atomic E-state index is 0.724. The van der Waals surface area contributed by atoms with Gasteiger partial charge in [0, 0.05) is 37.6 Å². The molecule has 0 aromatic carbocycles. The van der Waals surface area contributed by atoms with Crippen LogP contribution in [-0.4, -0.2) is 58.3 Å². The van der Waals surface area contributed by atoms with E-state index in [9.17, 15) is 0 Å². The average molecular weight is 304 g/mol. The Kier molecular flexibility index (Phi) is 5.19. The van der Waals surface area contributed by atoms with Gasteiger partial charge in [-0.2, -0.15) is 5.10 Å². The van der Waals surface area contributed by atoms with E-state index in [1.54, 1.807) is 0 Å². The van der Waals surface area contributed by atoms with Crippen LogP contribution in [0, 0.1) is 18.8 Å². The number of hydrogen-bond donors (Lipinski definition) is 0. The van der Waals surface area contributed by atoms with Crippen LogP contribution in [0.25, 0.3) is 0 Å². The van der Waals surface area contributed by atoms with Gasteiger partial charge in [0.2, 0.25) is 0 Å². The first-order chi connectivity index (χ1) is 10.6. The summed E-state index contributed by atoms with van der Waals surface area (Å²) in [6.07, 6.45) is 6.15. The summed E-state index contributed by atoms with van der Waals surface area (Å²) in [5.74, 6) is 1.74. The Morgan fingerprint density at radius 2 is 2.05 bits per heavy atom. The maximum absolute atomic E-state index is 4.42. The van der Waals surface area contributed by atoms with Crippen LogP contribution in [0.1, 0.15) is 38.8 Å². The zero-order chi connectivity index (χ0) is 15.5. The molecule has 0 N–H and O–H groups in total. The highest BCUT2D eigenvalue weighted by Gasteiger charge is 2.31. The van der Waals surface area contributed by atoms with Crippen molar-refractivity contribution < 1.29 is 0 Å². The van der Waals surface area contributed by atoms with E-state index in [1.807, 2.05) is 6.20 Å². The Labute approximate surface area is 135 Å². The van der Waals surface area contributed by atoms with E-state index in [0.29, 0.717) is 0 Å². The molecule has 1 atom stereocenters. The molecule has 1 saturated carbocycles. The average Bonchev–Trinajstić information content (AvgIpc) is 3.24. The van der Waals surface area contributed by atoms with E-state index in [1.165, 1.54) is 51.1 Å². The Balaban J connectivity index is 1.57. The predicted molar refractivity (Wildman–Crippen MR) is 90.9 cm³/mol. The minimum atomic E-state index is 0.724. The molecule has 22 heavy (non-hydrogen) atoms. The summed E-state index contributed by atoms with van der Waals surface area (Å²) in [7, 11) is 0. The molecule has 4 heteroatoms. The van der Waals surface area contributed by atoms with Crippen molar-refractivity contribution in [2.75, 3.05) is 32.7 Å². The van der Waals surface area contributed by atoms with E-state index in [0.717, 1.165) is 31.0 Å². The molecule has 0 unspecified atom stereocenters. The van der Waals surface area contributed by atoms with E-state index in [4.69, 9.17) is 0 Å². The lowest BCUT2D eigenvalue weighted by molar-refractivity contribution is 0.132. The van der Waals surface area contributed by atoms with E-state index in [-0.39, 0.29) is 0 Å². The van der Waals surface area contributed by atoms with E-state index < -0.39 is 0 Å². The second kappa shape index (κ2) is 7.14. The smallest absolute Gasteiger partial charge is 0.0539 e. The molecular formula is C18H32N4. The largest absolute Gasteiger partial charge is 0.300 e. The van der Waals surface area contributed by atoms with Crippen molar-refractivity contribution in [2.24, 2.45) is 11.8 Å². The summed E-state index contributed by atoms with van der Waals surface area (Å²) in [4.78, 5) is 5.46. The van der Waals surface area contributed by atoms with Crippen LogP contribution < -0.4 is 0 Å². The van der Waals surface area contributed by atoms with Gasteiger partial charge >= 0.3 is 0 Å². The molecule has 2 fully saturated rings. The molecule has 0 spiro atoms. The number of nitrogens with zero attached hydrogens (tertiary/aromatic N) is 4. The Morgan fingerprint density at radius 1 is 1.23 bits per heavy atom. The summed E-state index contributed by atoms with van der Waals surface area (Å²) in [6, 6.07) is 2.82. The first-order valence-electron chi connectivity index (χ1n) is 9.08. The molecule has 1 saturated heterocycles. The van der Waals surface area contributed by atoms with E-state index in [2.05, 4.69) is 46.4 Å². The van der Waals surface area contributed by atoms with Gasteiger partial charge in [0.25, 0.3) is 0 Å². The number of aryl methyl sites for hydroxylation is 1. The summed E-state index contributed by atoms with van der Waals surface area (Å²) in [5, 5.41) is 4.42. The van der Waals surface area contributed by atoms with Crippen molar-refractivity contribution in [1.82, 2.24) is 19.6 Å². The van der Waals surface area contributed by atoms with Gasteiger partial charge in [-0.3, -0.25) is 14.5 Å². The quantitative estimate of drug-likeness (QED) is 0.807. The molecule has 0 radical (unpaired) electrons. The Bertz CT molecular complexity index is 463. The van der Waals surface area contributed by atoms with Gasteiger partial charge in [0.1, 0.15) is 0 Å². The SMILES string of the molecule is Cc1ccnn1CCN1CCCN(CC2CC2)[C@@H](C(C)C)C1. The second-order valence-electron chi connectivity index (χ2n) is 7.60. The second-order valence-corrected chi connectivity index (χ2v) is 7.60. The standard InChI is InChI=1S/C18H32N4/c1-15(2)18-14-20(11-12-22-16(3)7-8-19-22)9-4-10-21(18)13-17-5-6-17/h7-8,15,17-18H,4-6,9-14H2,1-3H3/t18-/m1/s1. The van der Waals surface area contributed by atoms with Gasteiger partial charge in [-0.25, -0.2) is 0 Å². The molecule has 2 aliphatic rings. The molecule has 0 amide bonds. The number of hydrogen-bond acceptors (Lipinski definition) is 3. The lowest BCUT2D eigenvalue weighted by Crippen LogP contribution is -2.45. The molecule has 124 valence electrons. The van der Waals surface area contributed by atoms with Gasteiger partial charge < -0.3 is 0 Å². The molecule has 1 aliphatic carbocycles.